The van der Waals surface area contributed by atoms with Gasteiger partial charge in [-0.15, -0.1) is 17.5 Å². The van der Waals surface area contributed by atoms with E-state index in [0.29, 0.717) is 22.4 Å². The lowest BCUT2D eigenvalue weighted by atomic mass is 9.92. The van der Waals surface area contributed by atoms with Crippen molar-refractivity contribution in [2.45, 2.75) is 12.8 Å². The van der Waals surface area contributed by atoms with Gasteiger partial charge in [0.2, 0.25) is 0 Å². The van der Waals surface area contributed by atoms with Crippen molar-refractivity contribution < 1.29 is 4.79 Å². The molecule has 1 aromatic carbocycles. The van der Waals surface area contributed by atoms with Crippen molar-refractivity contribution >= 4 is 29.9 Å². The summed E-state index contributed by atoms with van der Waals surface area (Å²) in [5.41, 5.74) is 1.27. The number of aromatic nitrogens is 4. The molecule has 4 rings (SSSR count). The van der Waals surface area contributed by atoms with Crippen LogP contribution in [0.4, 0.5) is 0 Å². The van der Waals surface area contributed by atoms with Crippen molar-refractivity contribution in [1.29, 1.82) is 0 Å². The second-order valence-corrected chi connectivity index (χ2v) is 6.87. The molecule has 0 aliphatic carbocycles. The van der Waals surface area contributed by atoms with Crippen LogP contribution in [0.15, 0.2) is 24.5 Å². The Morgan fingerprint density at radius 1 is 1.20 bits per heavy atom. The Morgan fingerprint density at radius 2 is 1.92 bits per heavy atom. The van der Waals surface area contributed by atoms with E-state index in [1.165, 1.54) is 11.0 Å². The van der Waals surface area contributed by atoms with Crippen molar-refractivity contribution in [1.82, 2.24) is 30.4 Å². The summed E-state index contributed by atoms with van der Waals surface area (Å²) >= 11 is 6.36. The van der Waals surface area contributed by atoms with E-state index in [1.54, 1.807) is 12.1 Å². The van der Waals surface area contributed by atoms with Gasteiger partial charge in [0.05, 0.1) is 16.3 Å². The molecule has 25 heavy (non-hydrogen) atoms. The first-order valence-corrected chi connectivity index (χ1v) is 8.63. The summed E-state index contributed by atoms with van der Waals surface area (Å²) in [6.07, 6.45) is 3.61. The molecular formula is C16H20Cl2N6O. The minimum Gasteiger partial charge on any atom is -0.339 e. The van der Waals surface area contributed by atoms with E-state index in [-0.39, 0.29) is 18.3 Å². The van der Waals surface area contributed by atoms with Gasteiger partial charge in [-0.25, -0.2) is 4.68 Å². The molecular weight excluding hydrogens is 363 g/mol. The maximum absolute atomic E-state index is 12.9. The molecule has 7 nitrogen and oxygen atoms in total. The summed E-state index contributed by atoms with van der Waals surface area (Å²) < 4.78 is 1.51. The first-order valence-electron chi connectivity index (χ1n) is 8.25. The van der Waals surface area contributed by atoms with E-state index in [2.05, 4.69) is 20.8 Å². The highest BCUT2D eigenvalue weighted by atomic mass is 35.5. The zero-order chi connectivity index (χ0) is 16.5. The van der Waals surface area contributed by atoms with Gasteiger partial charge in [-0.2, -0.15) is 0 Å². The molecule has 2 aromatic rings. The predicted octanol–water partition coefficient (Wildman–Crippen LogP) is 1.81. The lowest BCUT2D eigenvalue weighted by Crippen LogP contribution is -2.33. The van der Waals surface area contributed by atoms with Crippen LogP contribution in [-0.2, 0) is 0 Å². The number of likely N-dealkylation sites (tertiary alicyclic amines) is 1. The largest absolute Gasteiger partial charge is 0.339 e. The van der Waals surface area contributed by atoms with E-state index >= 15 is 0 Å². The number of nitrogens with one attached hydrogen (secondary N) is 1. The molecule has 2 atom stereocenters. The summed E-state index contributed by atoms with van der Waals surface area (Å²) in [5.74, 6) is 1.40. The van der Waals surface area contributed by atoms with Crippen molar-refractivity contribution in [3.8, 4) is 5.69 Å². The summed E-state index contributed by atoms with van der Waals surface area (Å²) in [6.45, 7) is 3.75. The second kappa shape index (κ2) is 7.68. The van der Waals surface area contributed by atoms with Crippen molar-refractivity contribution in [2.75, 3.05) is 26.2 Å². The van der Waals surface area contributed by atoms with Gasteiger partial charge < -0.3 is 10.2 Å². The predicted molar refractivity (Wildman–Crippen MR) is 96.4 cm³/mol. The van der Waals surface area contributed by atoms with Crippen LogP contribution in [0.5, 0.6) is 0 Å². The van der Waals surface area contributed by atoms with E-state index in [0.717, 1.165) is 44.7 Å². The lowest BCUT2D eigenvalue weighted by molar-refractivity contribution is 0.0758. The number of carbonyl (C=O) groups excluding carboxylic acids is 1. The number of hydrogen-bond acceptors (Lipinski definition) is 5. The maximum Gasteiger partial charge on any atom is 0.255 e. The monoisotopic (exact) mass is 382 g/mol. The lowest BCUT2D eigenvalue weighted by Gasteiger charge is -2.21. The third-order valence-corrected chi connectivity index (χ3v) is 5.42. The SMILES string of the molecule is Cl.O=C(c1ccc(-n2cnnn2)cc1Cl)N1CC[C@@H]2CNC[C@@H]2CC1. The number of rotatable bonds is 2. The van der Waals surface area contributed by atoms with Gasteiger partial charge in [0.15, 0.2) is 0 Å². The van der Waals surface area contributed by atoms with E-state index in [4.69, 9.17) is 11.6 Å². The number of tetrazole rings is 1. The molecule has 2 aliphatic heterocycles. The first kappa shape index (κ1) is 18.1. The molecule has 1 N–H and O–H groups in total. The van der Waals surface area contributed by atoms with Crippen LogP contribution in [0.25, 0.3) is 5.69 Å². The highest BCUT2D eigenvalue weighted by molar-refractivity contribution is 6.34. The Morgan fingerprint density at radius 3 is 2.52 bits per heavy atom. The fourth-order valence-corrected chi connectivity index (χ4v) is 3.95. The molecule has 0 bridgehead atoms. The van der Waals surface area contributed by atoms with Gasteiger partial charge in [0, 0.05) is 13.1 Å². The number of fused-ring (bicyclic) bond motifs is 1. The molecule has 1 amide bonds. The van der Waals surface area contributed by atoms with Crippen LogP contribution < -0.4 is 5.32 Å². The Balaban J connectivity index is 0.00000182. The number of benzene rings is 1. The van der Waals surface area contributed by atoms with Crippen molar-refractivity contribution in [3.05, 3.63) is 35.1 Å². The van der Waals surface area contributed by atoms with Crippen LogP contribution in [0.1, 0.15) is 23.2 Å². The van der Waals surface area contributed by atoms with Crippen LogP contribution in [0.2, 0.25) is 5.02 Å². The molecule has 0 unspecified atom stereocenters. The quantitative estimate of drug-likeness (QED) is 0.856. The van der Waals surface area contributed by atoms with Gasteiger partial charge in [-0.05, 0) is 66.4 Å². The van der Waals surface area contributed by atoms with Gasteiger partial charge in [0.25, 0.3) is 5.91 Å². The van der Waals surface area contributed by atoms with Crippen molar-refractivity contribution in [2.24, 2.45) is 11.8 Å². The van der Waals surface area contributed by atoms with E-state index in [9.17, 15) is 4.79 Å². The van der Waals surface area contributed by atoms with Gasteiger partial charge in [-0.1, -0.05) is 11.6 Å². The molecule has 3 heterocycles. The van der Waals surface area contributed by atoms with Gasteiger partial charge in [0.1, 0.15) is 6.33 Å². The van der Waals surface area contributed by atoms with Crippen LogP contribution in [0, 0.1) is 11.8 Å². The molecule has 2 aliphatic rings. The van der Waals surface area contributed by atoms with Crippen LogP contribution in [-0.4, -0.2) is 57.2 Å². The molecule has 9 heteroatoms. The van der Waals surface area contributed by atoms with Crippen LogP contribution >= 0.6 is 24.0 Å². The Kier molecular flexibility index (Phi) is 5.56. The fourth-order valence-electron chi connectivity index (χ4n) is 3.69. The third kappa shape index (κ3) is 3.63. The topological polar surface area (TPSA) is 75.9 Å². The summed E-state index contributed by atoms with van der Waals surface area (Å²) in [5, 5.41) is 14.9. The van der Waals surface area contributed by atoms with Crippen molar-refractivity contribution in [3.63, 3.8) is 0 Å². The van der Waals surface area contributed by atoms with Gasteiger partial charge in [-0.3, -0.25) is 4.79 Å². The summed E-state index contributed by atoms with van der Waals surface area (Å²) in [7, 11) is 0. The van der Waals surface area contributed by atoms with E-state index in [1.807, 2.05) is 11.0 Å². The average Bonchev–Trinajstić information content (AvgIpc) is 3.23. The average molecular weight is 383 g/mol. The molecule has 2 fully saturated rings. The minimum absolute atomic E-state index is 0. The molecule has 0 saturated carbocycles. The standard InChI is InChI=1S/C16H19ClN6O.ClH/c17-15-7-13(23-10-19-20-21-23)1-2-14(15)16(24)22-5-3-11-8-18-9-12(11)4-6-22;/h1-2,7,10-12,18H,3-6,8-9H2;1H/t11-,12+;. The number of nitrogens with zero attached hydrogens (tertiary/aromatic N) is 5. The Labute approximate surface area is 157 Å². The first-order chi connectivity index (χ1) is 11.7. The highest BCUT2D eigenvalue weighted by Crippen LogP contribution is 2.29. The van der Waals surface area contributed by atoms with Crippen LogP contribution in [0.3, 0.4) is 0 Å². The molecule has 134 valence electrons. The Hall–Kier alpha value is -1.70. The minimum atomic E-state index is 0. The second-order valence-electron chi connectivity index (χ2n) is 6.47. The highest BCUT2D eigenvalue weighted by Gasteiger charge is 2.32. The third-order valence-electron chi connectivity index (χ3n) is 5.10. The van der Waals surface area contributed by atoms with Gasteiger partial charge >= 0.3 is 0 Å². The smallest absolute Gasteiger partial charge is 0.255 e. The number of amides is 1. The molecule has 0 spiro atoms. The number of carbonyl (C=O) groups is 1. The molecule has 1 aromatic heterocycles. The summed E-state index contributed by atoms with van der Waals surface area (Å²) in [6, 6.07) is 5.29. The summed E-state index contributed by atoms with van der Waals surface area (Å²) in [4.78, 5) is 14.8. The fraction of sp³-hybridized carbons (Fsp3) is 0.500. The number of halogens is 2. The zero-order valence-electron chi connectivity index (χ0n) is 13.6. The van der Waals surface area contributed by atoms with E-state index < -0.39 is 0 Å². The molecule has 0 radical (unpaired) electrons. The molecule has 2 saturated heterocycles. The normalized spacial score (nSPS) is 22.8. The zero-order valence-corrected chi connectivity index (χ0v) is 15.2. The number of hydrogen-bond donors (Lipinski definition) is 1. The maximum atomic E-state index is 12.9. The Bertz CT molecular complexity index is 724.